The molecule has 0 bridgehead atoms. The molecule has 0 aliphatic heterocycles. The molecule has 0 heterocycles. The van der Waals surface area contributed by atoms with E-state index in [2.05, 4.69) is 13.8 Å². The predicted molar refractivity (Wildman–Crippen MR) is 65.0 cm³/mol. The van der Waals surface area contributed by atoms with Crippen molar-refractivity contribution in [3.05, 3.63) is 0 Å². The van der Waals surface area contributed by atoms with E-state index in [4.69, 9.17) is 13.3 Å². The maximum Gasteiger partial charge on any atom is 0.504 e. The lowest BCUT2D eigenvalue weighted by molar-refractivity contribution is 0.0597. The molecule has 0 saturated carbocycles. The summed E-state index contributed by atoms with van der Waals surface area (Å²) >= 11 is 0. The molecule has 0 amide bonds. The molecule has 92 valence electrons. The molecule has 0 unspecified atom stereocenters. The van der Waals surface area contributed by atoms with Crippen LogP contribution in [0.3, 0.4) is 0 Å². The van der Waals surface area contributed by atoms with Crippen LogP contribution in [-0.2, 0) is 13.3 Å². The molecule has 4 heteroatoms. The Balaban J connectivity index is 4.71. The lowest BCUT2D eigenvalue weighted by Gasteiger charge is -2.34. The Morgan fingerprint density at radius 3 is 1.27 bits per heavy atom. The fourth-order valence-corrected chi connectivity index (χ4v) is 5.03. The second-order valence-corrected chi connectivity index (χ2v) is 6.31. The van der Waals surface area contributed by atoms with Crippen LogP contribution in [0.1, 0.15) is 47.5 Å². The quantitative estimate of drug-likeness (QED) is 0.573. The van der Waals surface area contributed by atoms with Crippen molar-refractivity contribution in [1.29, 1.82) is 0 Å². The molecule has 0 spiro atoms. The molecule has 0 aliphatic rings. The molecule has 3 nitrogen and oxygen atoms in total. The van der Waals surface area contributed by atoms with Crippen LogP contribution in [0.15, 0.2) is 0 Å². The Morgan fingerprint density at radius 2 is 1.07 bits per heavy atom. The standard InChI is InChI=1S/C11H26O3Si/c1-6-11(7-2)15(12-8-3,13-9-4)14-10-5/h11H,6-10H2,1-5H3. The Hall–Kier alpha value is 0.0969. The summed E-state index contributed by atoms with van der Waals surface area (Å²) in [6.45, 7) is 12.4. The Labute approximate surface area is 95.5 Å². The first kappa shape index (κ1) is 15.1. The summed E-state index contributed by atoms with van der Waals surface area (Å²) in [5.74, 6) is 0. The molecule has 15 heavy (non-hydrogen) atoms. The zero-order valence-corrected chi connectivity index (χ0v) is 11.8. The molecule has 0 aromatic heterocycles. The van der Waals surface area contributed by atoms with E-state index in [0.717, 1.165) is 12.8 Å². The van der Waals surface area contributed by atoms with Gasteiger partial charge in [0.2, 0.25) is 0 Å². The maximum atomic E-state index is 5.85. The van der Waals surface area contributed by atoms with Gasteiger partial charge < -0.3 is 13.3 Å². The van der Waals surface area contributed by atoms with Crippen LogP contribution in [0.2, 0.25) is 5.54 Å². The summed E-state index contributed by atoms with van der Waals surface area (Å²) in [6, 6.07) is 0. The lowest BCUT2D eigenvalue weighted by atomic mass is 10.3. The minimum Gasteiger partial charge on any atom is -0.374 e. The van der Waals surface area contributed by atoms with Gasteiger partial charge in [0, 0.05) is 25.4 Å². The van der Waals surface area contributed by atoms with E-state index in [1.165, 1.54) is 0 Å². The van der Waals surface area contributed by atoms with Crippen LogP contribution in [0, 0.1) is 0 Å². The molecule has 0 radical (unpaired) electrons. The third-order valence-electron chi connectivity index (χ3n) is 2.52. The van der Waals surface area contributed by atoms with Gasteiger partial charge >= 0.3 is 8.80 Å². The van der Waals surface area contributed by atoms with Crippen LogP contribution < -0.4 is 0 Å². The van der Waals surface area contributed by atoms with Gasteiger partial charge in [0.25, 0.3) is 0 Å². The zero-order chi connectivity index (χ0) is 11.7. The molecule has 0 rings (SSSR count). The van der Waals surface area contributed by atoms with Crippen LogP contribution >= 0.6 is 0 Å². The normalized spacial score (nSPS) is 12.4. The van der Waals surface area contributed by atoms with Crippen LogP contribution in [0.4, 0.5) is 0 Å². The van der Waals surface area contributed by atoms with Gasteiger partial charge in [-0.3, -0.25) is 0 Å². The first-order chi connectivity index (χ1) is 7.20. The van der Waals surface area contributed by atoms with Crippen molar-refractivity contribution in [1.82, 2.24) is 0 Å². The average Bonchev–Trinajstić information content (AvgIpc) is 2.20. The van der Waals surface area contributed by atoms with Gasteiger partial charge in [0.15, 0.2) is 0 Å². The van der Waals surface area contributed by atoms with Crippen molar-refractivity contribution in [3.63, 3.8) is 0 Å². The second-order valence-electron chi connectivity index (χ2n) is 3.42. The monoisotopic (exact) mass is 234 g/mol. The molecule has 0 aliphatic carbocycles. The van der Waals surface area contributed by atoms with Crippen molar-refractivity contribution in [2.75, 3.05) is 19.8 Å². The minimum atomic E-state index is -2.42. The lowest BCUT2D eigenvalue weighted by Crippen LogP contribution is -2.50. The van der Waals surface area contributed by atoms with Crippen molar-refractivity contribution in [2.24, 2.45) is 0 Å². The molecule has 0 aromatic rings. The van der Waals surface area contributed by atoms with Crippen molar-refractivity contribution in [3.8, 4) is 0 Å². The van der Waals surface area contributed by atoms with E-state index in [9.17, 15) is 0 Å². The molecular weight excluding hydrogens is 208 g/mol. The van der Waals surface area contributed by atoms with Gasteiger partial charge in [-0.25, -0.2) is 0 Å². The van der Waals surface area contributed by atoms with E-state index < -0.39 is 8.80 Å². The highest BCUT2D eigenvalue weighted by molar-refractivity contribution is 6.62. The van der Waals surface area contributed by atoms with E-state index in [0.29, 0.717) is 25.4 Å². The molecule has 0 N–H and O–H groups in total. The highest BCUT2D eigenvalue weighted by Gasteiger charge is 2.47. The summed E-state index contributed by atoms with van der Waals surface area (Å²) in [7, 11) is -2.42. The zero-order valence-electron chi connectivity index (χ0n) is 10.8. The van der Waals surface area contributed by atoms with Gasteiger partial charge in [-0.1, -0.05) is 13.8 Å². The predicted octanol–water partition coefficient (Wildman–Crippen LogP) is 3.23. The van der Waals surface area contributed by atoms with E-state index in [-0.39, 0.29) is 0 Å². The minimum absolute atomic E-state index is 0.428. The largest absolute Gasteiger partial charge is 0.504 e. The summed E-state index contributed by atoms with van der Waals surface area (Å²) in [6.07, 6.45) is 2.12. The number of hydrogen-bond donors (Lipinski definition) is 0. The van der Waals surface area contributed by atoms with Crippen LogP contribution in [0.25, 0.3) is 0 Å². The van der Waals surface area contributed by atoms with E-state index >= 15 is 0 Å². The summed E-state index contributed by atoms with van der Waals surface area (Å²) in [5, 5.41) is 0. The summed E-state index contributed by atoms with van der Waals surface area (Å²) in [4.78, 5) is 0. The van der Waals surface area contributed by atoms with Crippen molar-refractivity contribution >= 4 is 8.80 Å². The van der Waals surface area contributed by atoms with Gasteiger partial charge in [-0.05, 0) is 33.6 Å². The van der Waals surface area contributed by atoms with Gasteiger partial charge in [0.05, 0.1) is 0 Å². The Kier molecular flexibility index (Phi) is 8.33. The van der Waals surface area contributed by atoms with Crippen molar-refractivity contribution in [2.45, 2.75) is 53.0 Å². The van der Waals surface area contributed by atoms with Gasteiger partial charge in [-0.2, -0.15) is 0 Å². The van der Waals surface area contributed by atoms with Crippen LogP contribution in [0.5, 0.6) is 0 Å². The van der Waals surface area contributed by atoms with E-state index in [1.54, 1.807) is 0 Å². The highest BCUT2D eigenvalue weighted by atomic mass is 28.4. The fourth-order valence-electron chi connectivity index (χ4n) is 1.87. The first-order valence-corrected chi connectivity index (χ1v) is 7.92. The summed E-state index contributed by atoms with van der Waals surface area (Å²) in [5.41, 5.74) is 0.428. The third kappa shape index (κ3) is 4.22. The SMILES string of the molecule is CCO[Si](OCC)(OCC)C(CC)CC. The van der Waals surface area contributed by atoms with Crippen LogP contribution in [-0.4, -0.2) is 28.6 Å². The average molecular weight is 234 g/mol. The molecule has 0 atom stereocenters. The topological polar surface area (TPSA) is 27.7 Å². The molecular formula is C11H26O3Si. The van der Waals surface area contributed by atoms with Gasteiger partial charge in [-0.15, -0.1) is 0 Å². The van der Waals surface area contributed by atoms with Gasteiger partial charge in [0.1, 0.15) is 0 Å². The first-order valence-electron chi connectivity index (χ1n) is 6.12. The Bertz CT molecular complexity index is 132. The second kappa shape index (κ2) is 8.27. The smallest absolute Gasteiger partial charge is 0.374 e. The Morgan fingerprint density at radius 1 is 0.733 bits per heavy atom. The molecule has 0 fully saturated rings. The summed E-state index contributed by atoms with van der Waals surface area (Å²) < 4.78 is 17.5. The van der Waals surface area contributed by atoms with E-state index in [1.807, 2.05) is 20.8 Å². The number of hydrogen-bond acceptors (Lipinski definition) is 3. The molecule has 0 saturated heterocycles. The third-order valence-corrected chi connectivity index (χ3v) is 6.41. The molecule has 0 aromatic carbocycles. The highest BCUT2D eigenvalue weighted by Crippen LogP contribution is 2.31. The van der Waals surface area contributed by atoms with Crippen molar-refractivity contribution < 1.29 is 13.3 Å². The fraction of sp³-hybridized carbons (Fsp3) is 1.00. The number of rotatable bonds is 9. The maximum absolute atomic E-state index is 5.85.